The van der Waals surface area contributed by atoms with E-state index in [0.29, 0.717) is 5.89 Å². The third-order valence-corrected chi connectivity index (χ3v) is 1.05. The molecule has 52 valence electrons. The largest absolute Gasteiger partial charge is 0.442 e. The zero-order valence-electron chi connectivity index (χ0n) is 5.46. The van der Waals surface area contributed by atoms with Gasteiger partial charge in [0.25, 0.3) is 0 Å². The Morgan fingerprint density at radius 1 is 1.80 bits per heavy atom. The van der Waals surface area contributed by atoms with E-state index in [2.05, 4.69) is 4.98 Å². The highest BCUT2D eigenvalue weighted by molar-refractivity contribution is 5.23. The van der Waals surface area contributed by atoms with Crippen molar-refractivity contribution in [2.75, 3.05) is 0 Å². The lowest BCUT2D eigenvalue weighted by molar-refractivity contribution is 0.244. The van der Waals surface area contributed by atoms with E-state index in [4.69, 9.17) is 14.8 Å². The van der Waals surface area contributed by atoms with Crippen LogP contribution in [0.25, 0.3) is 0 Å². The molecular formula is C6H6N2O2. The number of aliphatic hydroxyl groups is 1. The molecule has 4 heteroatoms. The van der Waals surface area contributed by atoms with Crippen LogP contribution < -0.4 is 0 Å². The maximum absolute atomic E-state index is 8.58. The monoisotopic (exact) mass is 138 g/mol. The molecule has 0 fully saturated rings. The molecule has 4 nitrogen and oxygen atoms in total. The molecule has 1 N–H and O–H groups in total. The zero-order valence-corrected chi connectivity index (χ0v) is 5.46. The second-order valence-corrected chi connectivity index (χ2v) is 1.77. The summed E-state index contributed by atoms with van der Waals surface area (Å²) in [5, 5.41) is 17.0. The molecule has 1 heterocycles. The van der Waals surface area contributed by atoms with E-state index in [1.165, 1.54) is 0 Å². The summed E-state index contributed by atoms with van der Waals surface area (Å²) in [5.41, 5.74) is 0.167. The molecule has 1 aromatic heterocycles. The van der Waals surface area contributed by atoms with Crippen molar-refractivity contribution in [1.82, 2.24) is 4.98 Å². The Morgan fingerprint density at radius 3 is 2.90 bits per heavy atom. The van der Waals surface area contributed by atoms with Crippen LogP contribution in [0.2, 0.25) is 0 Å². The molecular weight excluding hydrogens is 132 g/mol. The number of rotatable bonds is 1. The molecule has 0 unspecified atom stereocenters. The molecule has 0 aromatic carbocycles. The number of aromatic nitrogens is 1. The minimum Gasteiger partial charge on any atom is -0.442 e. The van der Waals surface area contributed by atoms with Crippen LogP contribution in [-0.2, 0) is 6.61 Å². The second kappa shape index (κ2) is 2.50. The Labute approximate surface area is 57.7 Å². The highest BCUT2D eigenvalue weighted by atomic mass is 16.4. The van der Waals surface area contributed by atoms with Gasteiger partial charge in [-0.3, -0.25) is 0 Å². The Balaban J connectivity index is 3.12. The average Bonchev–Trinajstić information content (AvgIpc) is 2.30. The molecule has 0 bridgehead atoms. The third-order valence-electron chi connectivity index (χ3n) is 1.05. The Hall–Kier alpha value is -1.34. The first kappa shape index (κ1) is 6.78. The minimum absolute atomic E-state index is 0.167. The first-order chi connectivity index (χ1) is 4.77. The van der Waals surface area contributed by atoms with Gasteiger partial charge in [0.15, 0.2) is 17.3 Å². The van der Waals surface area contributed by atoms with E-state index in [1.54, 1.807) is 13.0 Å². The summed E-state index contributed by atoms with van der Waals surface area (Å²) >= 11 is 0. The quantitative estimate of drug-likeness (QED) is 0.607. The number of aryl methyl sites for hydroxylation is 1. The summed E-state index contributed by atoms with van der Waals surface area (Å²) in [4.78, 5) is 3.71. The molecule has 0 aliphatic carbocycles. The molecule has 0 amide bonds. The van der Waals surface area contributed by atoms with Crippen LogP contribution in [-0.4, -0.2) is 10.1 Å². The molecule has 10 heavy (non-hydrogen) atoms. The first-order valence-electron chi connectivity index (χ1n) is 2.75. The molecule has 0 radical (unpaired) electrons. The van der Waals surface area contributed by atoms with E-state index in [-0.39, 0.29) is 18.1 Å². The van der Waals surface area contributed by atoms with Gasteiger partial charge < -0.3 is 9.52 Å². The number of oxazole rings is 1. The van der Waals surface area contributed by atoms with E-state index in [0.717, 1.165) is 0 Å². The standard InChI is InChI=1S/C6H6N2O2/c1-4-8-5(2-7)6(3-9)10-4/h9H,3H2,1H3. The fourth-order valence-electron chi connectivity index (χ4n) is 0.664. The fraction of sp³-hybridized carbons (Fsp3) is 0.333. The van der Waals surface area contributed by atoms with Crippen molar-refractivity contribution < 1.29 is 9.52 Å². The van der Waals surface area contributed by atoms with Gasteiger partial charge in [0.1, 0.15) is 12.7 Å². The van der Waals surface area contributed by atoms with Crippen molar-refractivity contribution in [3.05, 3.63) is 17.3 Å². The average molecular weight is 138 g/mol. The zero-order chi connectivity index (χ0) is 7.56. The van der Waals surface area contributed by atoms with Crippen LogP contribution in [0, 0.1) is 18.3 Å². The van der Waals surface area contributed by atoms with Crippen molar-refractivity contribution in [3.8, 4) is 6.07 Å². The maximum Gasteiger partial charge on any atom is 0.192 e. The summed E-state index contributed by atoms with van der Waals surface area (Å²) in [5.74, 6) is 0.639. The van der Waals surface area contributed by atoms with Gasteiger partial charge in [0, 0.05) is 6.92 Å². The Kier molecular flexibility index (Phi) is 1.69. The molecule has 0 saturated carbocycles. The van der Waals surface area contributed by atoms with Crippen molar-refractivity contribution in [1.29, 1.82) is 5.26 Å². The minimum atomic E-state index is -0.274. The molecule has 0 spiro atoms. The van der Waals surface area contributed by atoms with Gasteiger partial charge in [0.2, 0.25) is 0 Å². The van der Waals surface area contributed by atoms with Crippen LogP contribution >= 0.6 is 0 Å². The second-order valence-electron chi connectivity index (χ2n) is 1.77. The number of nitriles is 1. The van der Waals surface area contributed by atoms with E-state index in [9.17, 15) is 0 Å². The van der Waals surface area contributed by atoms with E-state index >= 15 is 0 Å². The number of nitrogens with zero attached hydrogens (tertiary/aromatic N) is 2. The topological polar surface area (TPSA) is 70.0 Å². The highest BCUT2D eigenvalue weighted by Gasteiger charge is 2.07. The van der Waals surface area contributed by atoms with Crippen LogP contribution in [0.3, 0.4) is 0 Å². The first-order valence-corrected chi connectivity index (χ1v) is 2.75. The van der Waals surface area contributed by atoms with Crippen LogP contribution in [0.4, 0.5) is 0 Å². The molecule has 0 aliphatic heterocycles. The van der Waals surface area contributed by atoms with Gasteiger partial charge in [-0.25, -0.2) is 4.98 Å². The predicted molar refractivity (Wildman–Crippen MR) is 31.9 cm³/mol. The molecule has 1 aromatic rings. The normalized spacial score (nSPS) is 9.30. The van der Waals surface area contributed by atoms with E-state index < -0.39 is 0 Å². The summed E-state index contributed by atoms with van der Waals surface area (Å²) in [6, 6.07) is 1.80. The maximum atomic E-state index is 8.58. The van der Waals surface area contributed by atoms with Crippen molar-refractivity contribution in [3.63, 3.8) is 0 Å². The summed E-state index contributed by atoms with van der Waals surface area (Å²) in [6.45, 7) is 1.35. The summed E-state index contributed by atoms with van der Waals surface area (Å²) in [6.07, 6.45) is 0. The van der Waals surface area contributed by atoms with Crippen molar-refractivity contribution in [2.45, 2.75) is 13.5 Å². The highest BCUT2D eigenvalue weighted by Crippen LogP contribution is 2.08. The predicted octanol–water partition coefficient (Wildman–Crippen LogP) is 0.347. The van der Waals surface area contributed by atoms with Gasteiger partial charge in [-0.15, -0.1) is 0 Å². The van der Waals surface area contributed by atoms with Crippen molar-refractivity contribution >= 4 is 0 Å². The SMILES string of the molecule is Cc1nc(C#N)c(CO)o1. The molecule has 0 atom stereocenters. The molecule has 0 saturated heterocycles. The fourth-order valence-corrected chi connectivity index (χ4v) is 0.664. The lowest BCUT2D eigenvalue weighted by atomic mass is 10.4. The Bertz CT molecular complexity index is 272. The lowest BCUT2D eigenvalue weighted by Gasteiger charge is -1.83. The molecule has 1 rings (SSSR count). The smallest absolute Gasteiger partial charge is 0.192 e. The number of aliphatic hydroxyl groups excluding tert-OH is 1. The van der Waals surface area contributed by atoms with Gasteiger partial charge in [-0.1, -0.05) is 0 Å². The van der Waals surface area contributed by atoms with Gasteiger partial charge in [0.05, 0.1) is 0 Å². The third kappa shape index (κ3) is 0.993. The Morgan fingerprint density at radius 2 is 2.50 bits per heavy atom. The molecule has 0 aliphatic rings. The number of hydrogen-bond acceptors (Lipinski definition) is 4. The number of hydrogen-bond donors (Lipinski definition) is 1. The van der Waals surface area contributed by atoms with Gasteiger partial charge in [-0.05, 0) is 0 Å². The van der Waals surface area contributed by atoms with E-state index in [1.807, 2.05) is 0 Å². The van der Waals surface area contributed by atoms with Crippen LogP contribution in [0.15, 0.2) is 4.42 Å². The van der Waals surface area contributed by atoms with Crippen molar-refractivity contribution in [2.24, 2.45) is 0 Å². The van der Waals surface area contributed by atoms with Crippen LogP contribution in [0.5, 0.6) is 0 Å². The summed E-state index contributed by atoms with van der Waals surface area (Å²) in [7, 11) is 0. The van der Waals surface area contributed by atoms with Gasteiger partial charge >= 0.3 is 0 Å². The summed E-state index contributed by atoms with van der Waals surface area (Å²) < 4.78 is 4.87. The lowest BCUT2D eigenvalue weighted by Crippen LogP contribution is -1.83. The van der Waals surface area contributed by atoms with Gasteiger partial charge in [-0.2, -0.15) is 5.26 Å². The van der Waals surface area contributed by atoms with Crippen LogP contribution in [0.1, 0.15) is 17.3 Å².